The van der Waals surface area contributed by atoms with Gasteiger partial charge in [0.1, 0.15) is 11.5 Å². The Kier molecular flexibility index (Phi) is 9.52. The lowest BCUT2D eigenvalue weighted by molar-refractivity contribution is -0.0505. The van der Waals surface area contributed by atoms with Crippen LogP contribution in [0.5, 0.6) is 11.5 Å². The monoisotopic (exact) mass is 345 g/mol. The predicted octanol–water partition coefficient (Wildman–Crippen LogP) is 2.39. The molecule has 0 spiro atoms. The summed E-state index contributed by atoms with van der Waals surface area (Å²) in [5.74, 6) is 1.11. The van der Waals surface area contributed by atoms with E-state index in [1.165, 1.54) is 13.2 Å². The van der Waals surface area contributed by atoms with Crippen LogP contribution in [-0.4, -0.2) is 46.5 Å². The van der Waals surface area contributed by atoms with Crippen LogP contribution in [0.25, 0.3) is 0 Å². The second-order valence-electron chi connectivity index (χ2n) is 4.82. The van der Waals surface area contributed by atoms with Crippen molar-refractivity contribution in [2.45, 2.75) is 26.5 Å². The van der Waals surface area contributed by atoms with Crippen LogP contribution in [0.1, 0.15) is 18.9 Å². The molecule has 0 aliphatic rings. The van der Waals surface area contributed by atoms with E-state index >= 15 is 0 Å². The number of rotatable bonds is 10. The molecule has 0 aromatic heterocycles. The molecule has 0 heterocycles. The molecule has 0 atom stereocenters. The standard InChI is InChI=1S/C16H25F2N3O3/c1-4-19-16(20-8-5-9-22-2)21-11-12-6-7-13(23-3)10-14(12)24-15(17)18/h6-7,10,15H,4-5,8-9,11H2,1-3H3,(H2,19,20,21). The maximum atomic E-state index is 12.6. The summed E-state index contributed by atoms with van der Waals surface area (Å²) < 4.78 is 39.7. The van der Waals surface area contributed by atoms with Crippen LogP contribution in [0.4, 0.5) is 8.78 Å². The van der Waals surface area contributed by atoms with Crippen LogP contribution in [0, 0.1) is 0 Å². The maximum Gasteiger partial charge on any atom is 0.387 e. The van der Waals surface area contributed by atoms with Gasteiger partial charge in [-0.15, -0.1) is 0 Å². The molecule has 136 valence electrons. The van der Waals surface area contributed by atoms with Crippen LogP contribution >= 0.6 is 0 Å². The van der Waals surface area contributed by atoms with Crippen molar-refractivity contribution in [2.75, 3.05) is 33.9 Å². The smallest absolute Gasteiger partial charge is 0.387 e. The summed E-state index contributed by atoms with van der Waals surface area (Å²) in [6, 6.07) is 4.77. The largest absolute Gasteiger partial charge is 0.497 e. The first-order valence-electron chi connectivity index (χ1n) is 7.73. The molecular formula is C16H25F2N3O3. The molecular weight excluding hydrogens is 320 g/mol. The number of aliphatic imine (C=N–C) groups is 1. The third-order valence-corrected chi connectivity index (χ3v) is 3.06. The van der Waals surface area contributed by atoms with Gasteiger partial charge in [0, 0.05) is 38.4 Å². The Labute approximate surface area is 141 Å². The van der Waals surface area contributed by atoms with E-state index in [-0.39, 0.29) is 12.3 Å². The van der Waals surface area contributed by atoms with Crippen molar-refractivity contribution in [1.29, 1.82) is 0 Å². The second kappa shape index (κ2) is 11.4. The zero-order valence-electron chi connectivity index (χ0n) is 14.3. The van der Waals surface area contributed by atoms with E-state index in [0.29, 0.717) is 37.0 Å². The fourth-order valence-corrected chi connectivity index (χ4v) is 1.93. The van der Waals surface area contributed by atoms with Crippen LogP contribution < -0.4 is 20.1 Å². The number of hydrogen-bond donors (Lipinski definition) is 2. The topological polar surface area (TPSA) is 64.1 Å². The van der Waals surface area contributed by atoms with Gasteiger partial charge in [-0.1, -0.05) is 0 Å². The van der Waals surface area contributed by atoms with Gasteiger partial charge in [0.2, 0.25) is 0 Å². The van der Waals surface area contributed by atoms with Crippen molar-refractivity contribution >= 4 is 5.96 Å². The fourth-order valence-electron chi connectivity index (χ4n) is 1.93. The first kappa shape index (κ1) is 20.0. The molecule has 0 saturated carbocycles. The number of hydrogen-bond acceptors (Lipinski definition) is 4. The minimum absolute atomic E-state index is 0.0586. The highest BCUT2D eigenvalue weighted by atomic mass is 19.3. The minimum Gasteiger partial charge on any atom is -0.497 e. The predicted molar refractivity (Wildman–Crippen MR) is 88.9 cm³/mol. The van der Waals surface area contributed by atoms with Gasteiger partial charge in [-0.25, -0.2) is 4.99 Å². The Morgan fingerprint density at radius 3 is 2.67 bits per heavy atom. The van der Waals surface area contributed by atoms with E-state index in [1.54, 1.807) is 19.2 Å². The Balaban J connectivity index is 2.79. The lowest BCUT2D eigenvalue weighted by Crippen LogP contribution is -2.38. The zero-order chi connectivity index (χ0) is 17.8. The highest BCUT2D eigenvalue weighted by molar-refractivity contribution is 5.79. The average Bonchev–Trinajstić information content (AvgIpc) is 2.56. The van der Waals surface area contributed by atoms with E-state index < -0.39 is 6.61 Å². The Morgan fingerprint density at radius 1 is 1.25 bits per heavy atom. The third-order valence-electron chi connectivity index (χ3n) is 3.06. The summed E-state index contributed by atoms with van der Waals surface area (Å²) in [6.07, 6.45) is 0.837. The van der Waals surface area contributed by atoms with Crippen LogP contribution in [0.3, 0.4) is 0 Å². The highest BCUT2D eigenvalue weighted by Gasteiger charge is 2.11. The SMILES string of the molecule is CCNC(=NCc1ccc(OC)cc1OC(F)F)NCCCOC. The van der Waals surface area contributed by atoms with Gasteiger partial charge in [0.25, 0.3) is 0 Å². The summed E-state index contributed by atoms with van der Waals surface area (Å²) in [5.41, 5.74) is 0.546. The van der Waals surface area contributed by atoms with E-state index in [9.17, 15) is 8.78 Å². The fraction of sp³-hybridized carbons (Fsp3) is 0.562. The van der Waals surface area contributed by atoms with Crippen molar-refractivity contribution in [3.05, 3.63) is 23.8 Å². The molecule has 6 nitrogen and oxygen atoms in total. The van der Waals surface area contributed by atoms with Gasteiger partial charge < -0.3 is 24.8 Å². The van der Waals surface area contributed by atoms with Gasteiger partial charge in [-0.05, 0) is 25.5 Å². The summed E-state index contributed by atoms with van der Waals surface area (Å²) in [5, 5.41) is 6.25. The molecule has 0 aliphatic heterocycles. The second-order valence-corrected chi connectivity index (χ2v) is 4.82. The normalized spacial score (nSPS) is 11.5. The summed E-state index contributed by atoms with van der Waals surface area (Å²) >= 11 is 0. The highest BCUT2D eigenvalue weighted by Crippen LogP contribution is 2.27. The number of benzene rings is 1. The first-order chi connectivity index (χ1) is 11.6. The van der Waals surface area contributed by atoms with Crippen molar-refractivity contribution in [3.63, 3.8) is 0 Å². The Morgan fingerprint density at radius 2 is 2.04 bits per heavy atom. The van der Waals surface area contributed by atoms with Crippen molar-refractivity contribution in [1.82, 2.24) is 10.6 Å². The van der Waals surface area contributed by atoms with Gasteiger partial charge in [0.15, 0.2) is 5.96 Å². The van der Waals surface area contributed by atoms with E-state index in [4.69, 9.17) is 9.47 Å². The molecule has 0 saturated heterocycles. The van der Waals surface area contributed by atoms with Crippen molar-refractivity contribution < 1.29 is 23.0 Å². The maximum absolute atomic E-state index is 12.6. The molecule has 24 heavy (non-hydrogen) atoms. The van der Waals surface area contributed by atoms with Crippen molar-refractivity contribution in [2.24, 2.45) is 4.99 Å². The molecule has 0 bridgehead atoms. The number of guanidine groups is 1. The van der Waals surface area contributed by atoms with Crippen LogP contribution in [0.2, 0.25) is 0 Å². The number of halogens is 2. The molecule has 0 amide bonds. The number of nitrogens with one attached hydrogen (secondary N) is 2. The molecule has 0 radical (unpaired) electrons. The van der Waals surface area contributed by atoms with Gasteiger partial charge in [-0.3, -0.25) is 0 Å². The first-order valence-corrected chi connectivity index (χ1v) is 7.73. The van der Waals surface area contributed by atoms with E-state index in [1.807, 2.05) is 6.92 Å². The molecule has 8 heteroatoms. The molecule has 2 N–H and O–H groups in total. The Bertz CT molecular complexity index is 513. The average molecular weight is 345 g/mol. The van der Waals surface area contributed by atoms with Gasteiger partial charge >= 0.3 is 6.61 Å². The lowest BCUT2D eigenvalue weighted by Gasteiger charge is -2.13. The number of ether oxygens (including phenoxy) is 3. The van der Waals surface area contributed by atoms with Crippen LogP contribution in [-0.2, 0) is 11.3 Å². The summed E-state index contributed by atoms with van der Waals surface area (Å²) in [6.45, 7) is 1.29. The van der Waals surface area contributed by atoms with Gasteiger partial charge in [-0.2, -0.15) is 8.78 Å². The molecule has 1 aromatic carbocycles. The van der Waals surface area contributed by atoms with Gasteiger partial charge in [0.05, 0.1) is 13.7 Å². The quantitative estimate of drug-likeness (QED) is 0.387. The molecule has 1 aromatic rings. The molecule has 1 rings (SSSR count). The van der Waals surface area contributed by atoms with Crippen LogP contribution in [0.15, 0.2) is 23.2 Å². The van der Waals surface area contributed by atoms with E-state index in [2.05, 4.69) is 20.4 Å². The number of methoxy groups -OCH3 is 2. The minimum atomic E-state index is -2.90. The summed E-state index contributed by atoms with van der Waals surface area (Å²) in [7, 11) is 3.11. The number of alkyl halides is 2. The lowest BCUT2D eigenvalue weighted by atomic mass is 10.2. The van der Waals surface area contributed by atoms with E-state index in [0.717, 1.165) is 6.42 Å². The molecule has 0 fully saturated rings. The molecule has 0 unspecified atom stereocenters. The third kappa shape index (κ3) is 7.45. The molecule has 0 aliphatic carbocycles. The van der Waals surface area contributed by atoms with Crippen molar-refractivity contribution in [3.8, 4) is 11.5 Å². The summed E-state index contributed by atoms with van der Waals surface area (Å²) in [4.78, 5) is 4.39. The zero-order valence-corrected chi connectivity index (χ0v) is 14.3. The number of nitrogens with zero attached hydrogens (tertiary/aromatic N) is 1. The Hall–Kier alpha value is -2.09.